The molecule has 102 valence electrons. The van der Waals surface area contributed by atoms with Crippen LogP contribution in [0.4, 0.5) is 0 Å². The quantitative estimate of drug-likeness (QED) is 0.787. The molecular weight excluding hydrogens is 230 g/mol. The molecule has 0 aromatic heterocycles. The van der Waals surface area contributed by atoms with E-state index in [1.165, 1.54) is 18.4 Å². The Labute approximate surface area is 117 Å². The number of hydrogen-bond donors (Lipinski definition) is 1. The molecule has 19 heavy (non-hydrogen) atoms. The van der Waals surface area contributed by atoms with E-state index < -0.39 is 0 Å². The van der Waals surface area contributed by atoms with E-state index in [9.17, 15) is 0 Å². The highest BCUT2D eigenvalue weighted by atomic mass is 14.9. The third-order valence-corrected chi connectivity index (χ3v) is 5.23. The van der Waals surface area contributed by atoms with Gasteiger partial charge < -0.3 is 5.32 Å². The number of fused-ring (bicyclic) bond motifs is 3. The van der Waals surface area contributed by atoms with Crippen LogP contribution in [0.3, 0.4) is 0 Å². The highest BCUT2D eigenvalue weighted by Gasteiger charge is 2.55. The standard InChI is InChI=1S/C18H25N/c1-4-12(2)11-16(19-3)18-15-10-9-13-7-5-6-8-14(13)17(15)18/h5-8,15-19H,2,4,9-11H2,1,3H3. The summed E-state index contributed by atoms with van der Waals surface area (Å²) in [6, 6.07) is 9.68. The first-order valence-corrected chi connectivity index (χ1v) is 7.68. The molecule has 4 atom stereocenters. The molecule has 3 rings (SSSR count). The van der Waals surface area contributed by atoms with Crippen molar-refractivity contribution in [2.24, 2.45) is 11.8 Å². The summed E-state index contributed by atoms with van der Waals surface area (Å²) in [5.74, 6) is 2.56. The van der Waals surface area contributed by atoms with Gasteiger partial charge in [-0.05, 0) is 61.6 Å². The normalized spacial score (nSPS) is 29.3. The summed E-state index contributed by atoms with van der Waals surface area (Å²) in [5, 5.41) is 3.56. The summed E-state index contributed by atoms with van der Waals surface area (Å²) in [4.78, 5) is 0. The van der Waals surface area contributed by atoms with Crippen LogP contribution in [0.5, 0.6) is 0 Å². The lowest BCUT2D eigenvalue weighted by atomic mass is 9.92. The number of hydrogen-bond acceptors (Lipinski definition) is 1. The summed E-state index contributed by atoms with van der Waals surface area (Å²) < 4.78 is 0. The third kappa shape index (κ3) is 2.25. The van der Waals surface area contributed by atoms with E-state index in [1.54, 1.807) is 11.1 Å². The van der Waals surface area contributed by atoms with Crippen LogP contribution in [0.1, 0.15) is 43.2 Å². The largest absolute Gasteiger partial charge is 0.316 e. The van der Waals surface area contributed by atoms with Crippen LogP contribution in [0.25, 0.3) is 0 Å². The van der Waals surface area contributed by atoms with Crippen molar-refractivity contribution in [1.29, 1.82) is 0 Å². The molecule has 1 fully saturated rings. The molecular formula is C18H25N. The van der Waals surface area contributed by atoms with E-state index in [0.29, 0.717) is 6.04 Å². The van der Waals surface area contributed by atoms with Crippen molar-refractivity contribution in [3.05, 3.63) is 47.5 Å². The smallest absolute Gasteiger partial charge is 0.0138 e. The molecule has 1 heteroatoms. The van der Waals surface area contributed by atoms with Crippen molar-refractivity contribution >= 4 is 0 Å². The van der Waals surface area contributed by atoms with E-state index >= 15 is 0 Å². The van der Waals surface area contributed by atoms with Gasteiger partial charge in [0, 0.05) is 6.04 Å². The van der Waals surface area contributed by atoms with Crippen molar-refractivity contribution < 1.29 is 0 Å². The molecule has 0 bridgehead atoms. The first kappa shape index (κ1) is 12.9. The fourth-order valence-electron chi connectivity index (χ4n) is 4.05. The Bertz CT molecular complexity index is 476. The number of rotatable bonds is 5. The van der Waals surface area contributed by atoms with E-state index in [1.807, 2.05) is 0 Å². The van der Waals surface area contributed by atoms with Crippen LogP contribution in [0.2, 0.25) is 0 Å². The molecule has 2 aliphatic rings. The average Bonchev–Trinajstić information content (AvgIpc) is 3.19. The van der Waals surface area contributed by atoms with E-state index in [2.05, 4.69) is 50.1 Å². The molecule has 1 aromatic rings. The van der Waals surface area contributed by atoms with Crippen LogP contribution in [0.15, 0.2) is 36.4 Å². The summed E-state index contributed by atoms with van der Waals surface area (Å²) in [7, 11) is 2.11. The minimum absolute atomic E-state index is 0.619. The fraction of sp³-hybridized carbons (Fsp3) is 0.556. The highest BCUT2D eigenvalue weighted by molar-refractivity contribution is 5.40. The van der Waals surface area contributed by atoms with E-state index in [4.69, 9.17) is 0 Å². The van der Waals surface area contributed by atoms with Crippen LogP contribution < -0.4 is 5.32 Å². The molecule has 2 aliphatic carbocycles. The topological polar surface area (TPSA) is 12.0 Å². The SMILES string of the molecule is C=C(CC)CC(NC)C1C2CCc3ccccc3C21. The number of aryl methyl sites for hydroxylation is 1. The van der Waals surface area contributed by atoms with E-state index in [-0.39, 0.29) is 0 Å². The summed E-state index contributed by atoms with van der Waals surface area (Å²) >= 11 is 0. The summed E-state index contributed by atoms with van der Waals surface area (Å²) in [6.07, 6.45) is 4.91. The van der Waals surface area contributed by atoms with Gasteiger partial charge in [0.05, 0.1) is 0 Å². The lowest BCUT2D eigenvalue weighted by molar-refractivity contribution is 0.459. The molecule has 0 heterocycles. The van der Waals surface area contributed by atoms with Crippen molar-refractivity contribution in [3.8, 4) is 0 Å². The second-order valence-electron chi connectivity index (χ2n) is 6.21. The third-order valence-electron chi connectivity index (χ3n) is 5.23. The van der Waals surface area contributed by atoms with Crippen LogP contribution in [0, 0.1) is 11.8 Å². The molecule has 4 unspecified atom stereocenters. The minimum atomic E-state index is 0.619. The Morgan fingerprint density at radius 2 is 2.21 bits per heavy atom. The second-order valence-corrected chi connectivity index (χ2v) is 6.21. The zero-order valence-electron chi connectivity index (χ0n) is 12.2. The molecule has 1 nitrogen and oxygen atoms in total. The Kier molecular flexibility index (Phi) is 3.49. The van der Waals surface area contributed by atoms with Crippen LogP contribution in [-0.4, -0.2) is 13.1 Å². The van der Waals surface area contributed by atoms with Crippen LogP contribution in [-0.2, 0) is 6.42 Å². The Hall–Kier alpha value is -1.08. The fourth-order valence-corrected chi connectivity index (χ4v) is 4.05. The first-order chi connectivity index (χ1) is 9.26. The highest BCUT2D eigenvalue weighted by Crippen LogP contribution is 2.61. The van der Waals surface area contributed by atoms with Crippen molar-refractivity contribution in [1.82, 2.24) is 5.32 Å². The van der Waals surface area contributed by atoms with Crippen LogP contribution >= 0.6 is 0 Å². The van der Waals surface area contributed by atoms with Crippen molar-refractivity contribution in [2.75, 3.05) is 7.05 Å². The molecule has 0 spiro atoms. The molecule has 1 N–H and O–H groups in total. The van der Waals surface area contributed by atoms with Crippen molar-refractivity contribution in [2.45, 2.75) is 44.6 Å². The van der Waals surface area contributed by atoms with Gasteiger partial charge in [0.25, 0.3) is 0 Å². The van der Waals surface area contributed by atoms with Gasteiger partial charge in [0.15, 0.2) is 0 Å². The molecule has 0 saturated heterocycles. The Morgan fingerprint density at radius 3 is 2.95 bits per heavy atom. The zero-order chi connectivity index (χ0) is 13.4. The van der Waals surface area contributed by atoms with Gasteiger partial charge in [0.1, 0.15) is 0 Å². The van der Waals surface area contributed by atoms with Gasteiger partial charge >= 0.3 is 0 Å². The van der Waals surface area contributed by atoms with Gasteiger partial charge in [-0.3, -0.25) is 0 Å². The number of benzene rings is 1. The maximum absolute atomic E-state index is 4.19. The lowest BCUT2D eigenvalue weighted by Crippen LogP contribution is -2.29. The predicted octanol–water partition coefficient (Wildman–Crippen LogP) is 3.91. The van der Waals surface area contributed by atoms with Gasteiger partial charge in [-0.2, -0.15) is 0 Å². The van der Waals surface area contributed by atoms with Gasteiger partial charge in [-0.25, -0.2) is 0 Å². The summed E-state index contributed by atoms with van der Waals surface area (Å²) in [6.45, 7) is 6.41. The average molecular weight is 255 g/mol. The maximum Gasteiger partial charge on any atom is 0.0138 e. The molecule has 0 amide bonds. The number of nitrogens with one attached hydrogen (secondary N) is 1. The Morgan fingerprint density at radius 1 is 1.42 bits per heavy atom. The molecule has 1 aromatic carbocycles. The monoisotopic (exact) mass is 255 g/mol. The zero-order valence-corrected chi connectivity index (χ0v) is 12.2. The first-order valence-electron chi connectivity index (χ1n) is 7.68. The molecule has 0 aliphatic heterocycles. The van der Waals surface area contributed by atoms with Crippen molar-refractivity contribution in [3.63, 3.8) is 0 Å². The van der Waals surface area contributed by atoms with E-state index in [0.717, 1.165) is 30.6 Å². The second kappa shape index (κ2) is 5.13. The maximum atomic E-state index is 4.19. The minimum Gasteiger partial charge on any atom is -0.316 e. The van der Waals surface area contributed by atoms with Gasteiger partial charge in [-0.15, -0.1) is 0 Å². The lowest BCUT2D eigenvalue weighted by Gasteiger charge is -2.17. The molecule has 0 radical (unpaired) electrons. The predicted molar refractivity (Wildman–Crippen MR) is 81.4 cm³/mol. The Balaban J connectivity index is 1.77. The summed E-state index contributed by atoms with van der Waals surface area (Å²) in [5.41, 5.74) is 4.61. The molecule has 1 saturated carbocycles. The van der Waals surface area contributed by atoms with Gasteiger partial charge in [-0.1, -0.05) is 43.3 Å². The van der Waals surface area contributed by atoms with Gasteiger partial charge in [0.2, 0.25) is 0 Å².